The average molecular weight is 400 g/mol. The zero-order chi connectivity index (χ0) is 21.1. The molecule has 0 bridgehead atoms. The Hall–Kier alpha value is -3.36. The van der Waals surface area contributed by atoms with Crippen LogP contribution in [0.1, 0.15) is 42.9 Å². The van der Waals surface area contributed by atoms with Crippen LogP contribution in [0.5, 0.6) is 0 Å². The second-order valence-electron chi connectivity index (χ2n) is 7.34. The SMILES string of the molecule is CC1=C(C)CC(C(=O)Nc2cn(C)nc2C(=O)NCc2ccco2)C(C(=O)O)C1. The second-order valence-corrected chi connectivity index (χ2v) is 7.34. The lowest BCUT2D eigenvalue weighted by molar-refractivity contribution is -0.146. The third kappa shape index (κ3) is 4.56. The molecule has 2 heterocycles. The number of nitrogens with one attached hydrogen (secondary N) is 2. The number of aryl methyl sites for hydroxylation is 1. The number of rotatable bonds is 6. The van der Waals surface area contributed by atoms with E-state index < -0.39 is 29.6 Å². The van der Waals surface area contributed by atoms with Crippen LogP contribution in [-0.4, -0.2) is 32.7 Å². The number of carboxylic acid groups (broad SMARTS) is 1. The summed E-state index contributed by atoms with van der Waals surface area (Å²) in [5, 5.41) is 19.1. The van der Waals surface area contributed by atoms with E-state index in [2.05, 4.69) is 15.7 Å². The standard InChI is InChI=1S/C20H24N4O5/c1-11-7-14(15(20(27)28)8-12(11)2)18(25)22-16-10-24(3)23-17(16)19(26)21-9-13-5-4-6-29-13/h4-6,10,14-15H,7-9H2,1-3H3,(H,21,26)(H,22,25)(H,27,28). The molecule has 0 radical (unpaired) electrons. The average Bonchev–Trinajstić information content (AvgIpc) is 3.31. The van der Waals surface area contributed by atoms with Gasteiger partial charge in [-0.3, -0.25) is 19.1 Å². The summed E-state index contributed by atoms with van der Waals surface area (Å²) in [5.41, 5.74) is 2.31. The van der Waals surface area contributed by atoms with Gasteiger partial charge in [0.1, 0.15) is 5.76 Å². The molecule has 2 amide bonds. The predicted molar refractivity (Wildman–Crippen MR) is 104 cm³/mol. The highest BCUT2D eigenvalue weighted by Gasteiger charge is 2.37. The summed E-state index contributed by atoms with van der Waals surface area (Å²) in [4.78, 5) is 37.1. The van der Waals surface area contributed by atoms with Crippen molar-refractivity contribution in [1.82, 2.24) is 15.1 Å². The number of carbonyl (C=O) groups is 3. The van der Waals surface area contributed by atoms with E-state index in [4.69, 9.17) is 4.42 Å². The summed E-state index contributed by atoms with van der Waals surface area (Å²) in [5.74, 6) is -2.83. The summed E-state index contributed by atoms with van der Waals surface area (Å²) >= 11 is 0. The summed E-state index contributed by atoms with van der Waals surface area (Å²) in [7, 11) is 1.63. The molecule has 2 unspecified atom stereocenters. The van der Waals surface area contributed by atoms with Gasteiger partial charge in [-0.15, -0.1) is 0 Å². The van der Waals surface area contributed by atoms with Crippen molar-refractivity contribution in [3.63, 3.8) is 0 Å². The summed E-state index contributed by atoms with van der Waals surface area (Å²) in [6.07, 6.45) is 3.74. The number of anilines is 1. The van der Waals surface area contributed by atoms with Crippen molar-refractivity contribution in [2.75, 3.05) is 5.32 Å². The third-order valence-electron chi connectivity index (χ3n) is 5.23. The van der Waals surface area contributed by atoms with E-state index in [1.807, 2.05) is 13.8 Å². The Labute approximate surface area is 167 Å². The molecule has 2 aromatic heterocycles. The van der Waals surface area contributed by atoms with Crippen LogP contribution >= 0.6 is 0 Å². The van der Waals surface area contributed by atoms with Crippen LogP contribution in [0.15, 0.2) is 40.2 Å². The van der Waals surface area contributed by atoms with Crippen LogP contribution in [0.25, 0.3) is 0 Å². The minimum Gasteiger partial charge on any atom is -0.481 e. The van der Waals surface area contributed by atoms with E-state index in [0.29, 0.717) is 18.6 Å². The van der Waals surface area contributed by atoms with Gasteiger partial charge in [-0.25, -0.2) is 0 Å². The van der Waals surface area contributed by atoms with Crippen molar-refractivity contribution in [2.24, 2.45) is 18.9 Å². The molecule has 1 aliphatic rings. The van der Waals surface area contributed by atoms with Crippen molar-refractivity contribution < 1.29 is 23.9 Å². The monoisotopic (exact) mass is 400 g/mol. The zero-order valence-corrected chi connectivity index (χ0v) is 16.6. The number of hydrogen-bond donors (Lipinski definition) is 3. The highest BCUT2D eigenvalue weighted by molar-refractivity contribution is 6.03. The van der Waals surface area contributed by atoms with Gasteiger partial charge in [0.2, 0.25) is 5.91 Å². The molecule has 29 heavy (non-hydrogen) atoms. The first-order valence-corrected chi connectivity index (χ1v) is 9.29. The lowest BCUT2D eigenvalue weighted by atomic mass is 9.76. The van der Waals surface area contributed by atoms with Gasteiger partial charge >= 0.3 is 5.97 Å². The molecular formula is C20H24N4O5. The molecule has 0 saturated carbocycles. The molecule has 0 saturated heterocycles. The van der Waals surface area contributed by atoms with E-state index >= 15 is 0 Å². The quantitative estimate of drug-likeness (QED) is 0.639. The smallest absolute Gasteiger partial charge is 0.307 e. The number of aliphatic carboxylic acids is 1. The third-order valence-corrected chi connectivity index (χ3v) is 5.23. The van der Waals surface area contributed by atoms with Crippen molar-refractivity contribution in [1.29, 1.82) is 0 Å². The number of nitrogens with zero attached hydrogens (tertiary/aromatic N) is 2. The van der Waals surface area contributed by atoms with Crippen LogP contribution < -0.4 is 10.6 Å². The summed E-state index contributed by atoms with van der Waals surface area (Å²) < 4.78 is 6.60. The van der Waals surface area contributed by atoms with E-state index in [9.17, 15) is 19.5 Å². The van der Waals surface area contributed by atoms with Gasteiger partial charge < -0.3 is 20.2 Å². The maximum atomic E-state index is 12.9. The van der Waals surface area contributed by atoms with E-state index in [0.717, 1.165) is 11.1 Å². The van der Waals surface area contributed by atoms with Crippen LogP contribution in [-0.2, 0) is 23.2 Å². The summed E-state index contributed by atoms with van der Waals surface area (Å²) in [6, 6.07) is 3.45. The van der Waals surface area contributed by atoms with Gasteiger partial charge in [0.25, 0.3) is 5.91 Å². The number of hydrogen-bond acceptors (Lipinski definition) is 5. The Morgan fingerprint density at radius 1 is 1.24 bits per heavy atom. The Kier molecular flexibility index (Phi) is 5.86. The van der Waals surface area contributed by atoms with Gasteiger partial charge in [0, 0.05) is 13.2 Å². The molecule has 1 aliphatic carbocycles. The second kappa shape index (κ2) is 8.34. The number of aromatic nitrogens is 2. The Balaban J connectivity index is 1.75. The largest absolute Gasteiger partial charge is 0.481 e. The number of carbonyl (C=O) groups excluding carboxylic acids is 2. The highest BCUT2D eigenvalue weighted by atomic mass is 16.4. The van der Waals surface area contributed by atoms with Crippen LogP contribution in [0, 0.1) is 11.8 Å². The van der Waals surface area contributed by atoms with E-state index in [-0.39, 0.29) is 17.9 Å². The van der Waals surface area contributed by atoms with Gasteiger partial charge in [-0.05, 0) is 38.8 Å². The normalized spacial score (nSPS) is 19.1. The van der Waals surface area contributed by atoms with Gasteiger partial charge in [-0.2, -0.15) is 5.10 Å². The zero-order valence-electron chi connectivity index (χ0n) is 16.6. The van der Waals surface area contributed by atoms with Crippen molar-refractivity contribution in [3.05, 3.63) is 47.2 Å². The first-order valence-electron chi connectivity index (χ1n) is 9.29. The molecule has 0 spiro atoms. The molecule has 9 nitrogen and oxygen atoms in total. The van der Waals surface area contributed by atoms with Gasteiger partial charge in [0.15, 0.2) is 5.69 Å². The van der Waals surface area contributed by atoms with Crippen molar-refractivity contribution >= 4 is 23.5 Å². The molecule has 3 rings (SSSR count). The first kappa shape index (κ1) is 20.4. The Bertz CT molecular complexity index is 958. The molecule has 3 N–H and O–H groups in total. The molecule has 154 valence electrons. The van der Waals surface area contributed by atoms with E-state index in [1.165, 1.54) is 17.1 Å². The van der Waals surface area contributed by atoms with Gasteiger partial charge in [0.05, 0.1) is 30.3 Å². The molecule has 0 aliphatic heterocycles. The Morgan fingerprint density at radius 2 is 1.93 bits per heavy atom. The number of allylic oxidation sites excluding steroid dienone is 2. The minimum atomic E-state index is -1.00. The fraction of sp³-hybridized carbons (Fsp3) is 0.400. The van der Waals surface area contributed by atoms with Crippen LogP contribution in [0.3, 0.4) is 0 Å². The fourth-order valence-electron chi connectivity index (χ4n) is 3.46. The highest BCUT2D eigenvalue weighted by Crippen LogP contribution is 2.35. The predicted octanol–water partition coefficient (Wildman–Crippen LogP) is 2.33. The maximum absolute atomic E-state index is 12.9. The maximum Gasteiger partial charge on any atom is 0.307 e. The number of carboxylic acids is 1. The van der Waals surface area contributed by atoms with Gasteiger partial charge in [-0.1, -0.05) is 11.1 Å². The molecule has 9 heteroatoms. The van der Waals surface area contributed by atoms with Crippen molar-refractivity contribution in [2.45, 2.75) is 33.2 Å². The molecule has 0 aromatic carbocycles. The fourth-order valence-corrected chi connectivity index (χ4v) is 3.46. The van der Waals surface area contributed by atoms with E-state index in [1.54, 1.807) is 19.2 Å². The number of furan rings is 1. The topological polar surface area (TPSA) is 126 Å². The molecule has 2 aromatic rings. The van der Waals surface area contributed by atoms with Crippen LogP contribution in [0.2, 0.25) is 0 Å². The Morgan fingerprint density at radius 3 is 2.55 bits per heavy atom. The molecule has 0 fully saturated rings. The summed E-state index contributed by atoms with van der Waals surface area (Å²) in [6.45, 7) is 3.98. The minimum absolute atomic E-state index is 0.0542. The first-order chi connectivity index (χ1) is 13.8. The molecular weight excluding hydrogens is 376 g/mol. The molecule has 2 atom stereocenters. The van der Waals surface area contributed by atoms with Crippen molar-refractivity contribution in [3.8, 4) is 0 Å². The lowest BCUT2D eigenvalue weighted by Crippen LogP contribution is -2.37. The van der Waals surface area contributed by atoms with Crippen LogP contribution in [0.4, 0.5) is 5.69 Å². The number of amides is 2. The lowest BCUT2D eigenvalue weighted by Gasteiger charge is -2.29.